The lowest BCUT2D eigenvalue weighted by atomic mass is 9.58. The van der Waals surface area contributed by atoms with Crippen molar-refractivity contribution in [3.63, 3.8) is 0 Å². The van der Waals surface area contributed by atoms with Crippen LogP contribution in [0.2, 0.25) is 0 Å². The summed E-state index contributed by atoms with van der Waals surface area (Å²) in [5, 5.41) is 11.7. The van der Waals surface area contributed by atoms with Crippen LogP contribution in [-0.4, -0.2) is 46.9 Å². The van der Waals surface area contributed by atoms with Crippen molar-refractivity contribution in [3.8, 4) is 0 Å². The fourth-order valence-electron chi connectivity index (χ4n) is 6.46. The highest BCUT2D eigenvalue weighted by atomic mass is 17.3. The van der Waals surface area contributed by atoms with E-state index in [1.807, 2.05) is 13.8 Å². The van der Waals surface area contributed by atoms with Gasteiger partial charge in [0.2, 0.25) is 18.0 Å². The van der Waals surface area contributed by atoms with E-state index in [1.165, 1.54) is 12.1 Å². The molecule has 1 saturated carbocycles. The van der Waals surface area contributed by atoms with Crippen molar-refractivity contribution in [2.45, 2.75) is 89.8 Å². The molecule has 0 aromatic heterocycles. The number of carbonyl (C=O) groups excluding carboxylic acids is 2. The number of hydrogen-bond donors (Lipinski definition) is 2. The summed E-state index contributed by atoms with van der Waals surface area (Å²) in [5.41, 5.74) is 0.215. The fourth-order valence-corrected chi connectivity index (χ4v) is 6.46. The van der Waals surface area contributed by atoms with E-state index in [-0.39, 0.29) is 48.6 Å². The molecular weight excluding hydrogens is 482 g/mol. The second-order valence-electron chi connectivity index (χ2n) is 11.0. The van der Waals surface area contributed by atoms with Crippen LogP contribution in [0.4, 0.5) is 0 Å². The highest BCUT2D eigenvalue weighted by molar-refractivity contribution is 5.87. The number of nitrogens with one attached hydrogen (secondary N) is 1. The van der Waals surface area contributed by atoms with Gasteiger partial charge >= 0.3 is 11.9 Å². The highest BCUT2D eigenvalue weighted by Gasteiger charge is 2.69. The molecule has 1 aliphatic carbocycles. The van der Waals surface area contributed by atoms with Crippen LogP contribution in [0, 0.1) is 23.7 Å². The Balaban J connectivity index is 1.16. The average Bonchev–Trinajstić information content (AvgIpc) is 3.10. The second kappa shape index (κ2) is 9.98. The number of carboxylic acid groups (broad SMARTS) is 1. The topological polar surface area (TPSA) is 130 Å². The minimum absolute atomic E-state index is 0.0327. The summed E-state index contributed by atoms with van der Waals surface area (Å²) in [7, 11) is 0. The van der Waals surface area contributed by atoms with Crippen LogP contribution < -0.4 is 5.32 Å². The first-order valence-corrected chi connectivity index (χ1v) is 13.1. The predicted octanol–water partition coefficient (Wildman–Crippen LogP) is 3.53. The molecule has 1 amide bonds. The third kappa shape index (κ3) is 4.87. The molecule has 1 aromatic carbocycles. The monoisotopic (exact) mass is 517 g/mol. The Morgan fingerprint density at radius 2 is 1.81 bits per heavy atom. The van der Waals surface area contributed by atoms with Gasteiger partial charge in [0.15, 0.2) is 11.9 Å². The van der Waals surface area contributed by atoms with Crippen molar-refractivity contribution < 1.29 is 43.5 Å². The number of ether oxygens (including phenoxy) is 3. The van der Waals surface area contributed by atoms with Gasteiger partial charge in [0.1, 0.15) is 0 Å². The van der Waals surface area contributed by atoms with Crippen molar-refractivity contribution in [1.82, 2.24) is 5.32 Å². The second-order valence-corrected chi connectivity index (χ2v) is 11.0. The summed E-state index contributed by atoms with van der Waals surface area (Å²) < 4.78 is 18.3. The molecule has 8 atom stereocenters. The molecule has 6 rings (SSSR count). The standard InChI is InChI=1S/C27H35NO9/c1-15-4-9-20-16(2)24(34-25-27(20)19(15)12-13-26(3,35-25)36-37-27)33-22(30)11-10-21(29)28-14-17-5-7-18(8-6-17)23(31)32/h5-8,15-16,19-20,24-25H,4,9-14H2,1-3H3,(H,28,29)(H,31,32)/t15-,16-,19+,20+,24-,25-,26+,27-/m1/s1. The van der Waals surface area contributed by atoms with Gasteiger partial charge in [0.25, 0.3) is 0 Å². The Morgan fingerprint density at radius 1 is 1.05 bits per heavy atom. The van der Waals surface area contributed by atoms with E-state index in [9.17, 15) is 14.4 Å². The minimum Gasteiger partial charge on any atom is -0.478 e. The lowest BCUT2D eigenvalue weighted by Gasteiger charge is -2.59. The summed E-state index contributed by atoms with van der Waals surface area (Å²) in [5.74, 6) is -2.15. The molecule has 2 bridgehead atoms. The van der Waals surface area contributed by atoms with Crippen molar-refractivity contribution in [1.29, 1.82) is 0 Å². The van der Waals surface area contributed by atoms with Crippen LogP contribution in [0.5, 0.6) is 0 Å². The first-order valence-electron chi connectivity index (χ1n) is 13.1. The largest absolute Gasteiger partial charge is 0.478 e. The SMILES string of the molecule is C[C@H]1[C@H](OC(=O)CCC(=O)NCc2ccc(C(=O)O)cc2)O[C@@H]2O[C@]3(C)CC[C@H]4[C@H](C)CC[C@@H]1[C@@]24OO3. The lowest BCUT2D eigenvalue weighted by Crippen LogP contribution is -2.70. The molecule has 10 heteroatoms. The summed E-state index contributed by atoms with van der Waals surface area (Å²) in [4.78, 5) is 47.8. The highest BCUT2D eigenvalue weighted by Crippen LogP contribution is 2.60. The van der Waals surface area contributed by atoms with Gasteiger partial charge in [-0.05, 0) is 55.7 Å². The minimum atomic E-state index is -1.01. The van der Waals surface area contributed by atoms with Crippen molar-refractivity contribution in [3.05, 3.63) is 35.4 Å². The molecule has 5 fully saturated rings. The molecule has 202 valence electrons. The zero-order valence-electron chi connectivity index (χ0n) is 21.4. The van der Waals surface area contributed by atoms with Crippen LogP contribution in [0.25, 0.3) is 0 Å². The molecule has 1 aromatic rings. The van der Waals surface area contributed by atoms with Crippen LogP contribution in [0.1, 0.15) is 75.2 Å². The van der Waals surface area contributed by atoms with E-state index < -0.39 is 35.9 Å². The van der Waals surface area contributed by atoms with E-state index >= 15 is 0 Å². The number of fused-ring (bicyclic) bond motifs is 2. The first-order chi connectivity index (χ1) is 17.6. The third-order valence-electron chi connectivity index (χ3n) is 8.59. The van der Waals surface area contributed by atoms with Crippen molar-refractivity contribution >= 4 is 17.8 Å². The maximum absolute atomic E-state index is 12.7. The number of hydrogen-bond acceptors (Lipinski definition) is 8. The number of esters is 1. The number of carboxylic acids is 1. The Labute approximate surface area is 215 Å². The maximum atomic E-state index is 12.7. The lowest BCUT2D eigenvalue weighted by molar-refractivity contribution is -0.576. The van der Waals surface area contributed by atoms with Gasteiger partial charge < -0.3 is 24.6 Å². The number of benzene rings is 1. The van der Waals surface area contributed by atoms with E-state index in [1.54, 1.807) is 12.1 Å². The van der Waals surface area contributed by atoms with Gasteiger partial charge in [-0.25, -0.2) is 14.6 Å². The molecule has 5 aliphatic rings. The fraction of sp³-hybridized carbons (Fsp3) is 0.667. The molecule has 4 heterocycles. The first kappa shape index (κ1) is 26.1. The number of aromatic carboxylic acids is 1. The van der Waals surface area contributed by atoms with Crippen LogP contribution in [0.15, 0.2) is 24.3 Å². The molecule has 37 heavy (non-hydrogen) atoms. The van der Waals surface area contributed by atoms with Gasteiger partial charge in [-0.1, -0.05) is 26.0 Å². The summed E-state index contributed by atoms with van der Waals surface area (Å²) in [6.45, 7) is 6.33. The van der Waals surface area contributed by atoms with Crippen molar-refractivity contribution in [2.75, 3.05) is 0 Å². The normalized spacial score (nSPS) is 38.2. The quantitative estimate of drug-likeness (QED) is 0.412. The number of amides is 1. The zero-order chi connectivity index (χ0) is 26.4. The molecule has 2 N–H and O–H groups in total. The van der Waals surface area contributed by atoms with Crippen LogP contribution in [-0.2, 0) is 40.1 Å². The van der Waals surface area contributed by atoms with Gasteiger partial charge in [-0.15, -0.1) is 0 Å². The van der Waals surface area contributed by atoms with E-state index in [4.69, 9.17) is 29.1 Å². The van der Waals surface area contributed by atoms with E-state index in [0.29, 0.717) is 12.3 Å². The predicted molar refractivity (Wildman–Crippen MR) is 127 cm³/mol. The average molecular weight is 518 g/mol. The van der Waals surface area contributed by atoms with Crippen LogP contribution >= 0.6 is 0 Å². The Bertz CT molecular complexity index is 1040. The Morgan fingerprint density at radius 3 is 2.54 bits per heavy atom. The molecule has 4 saturated heterocycles. The smallest absolute Gasteiger partial charge is 0.335 e. The summed E-state index contributed by atoms with van der Waals surface area (Å²) in [6, 6.07) is 6.24. The van der Waals surface area contributed by atoms with Gasteiger partial charge in [-0.3, -0.25) is 9.59 Å². The van der Waals surface area contributed by atoms with Crippen molar-refractivity contribution in [2.24, 2.45) is 23.7 Å². The number of rotatable bonds is 7. The maximum Gasteiger partial charge on any atom is 0.335 e. The van der Waals surface area contributed by atoms with Gasteiger partial charge in [0.05, 0.1) is 12.0 Å². The summed E-state index contributed by atoms with van der Waals surface area (Å²) >= 11 is 0. The molecule has 0 radical (unpaired) electrons. The van der Waals surface area contributed by atoms with E-state index in [2.05, 4.69) is 12.2 Å². The zero-order valence-corrected chi connectivity index (χ0v) is 21.4. The molecular formula is C27H35NO9. The Hall–Kier alpha value is -2.53. The van der Waals surface area contributed by atoms with E-state index in [0.717, 1.165) is 24.8 Å². The molecule has 10 nitrogen and oxygen atoms in total. The van der Waals surface area contributed by atoms with Gasteiger partial charge in [0, 0.05) is 31.2 Å². The molecule has 4 aliphatic heterocycles. The van der Waals surface area contributed by atoms with Crippen LogP contribution in [0.3, 0.4) is 0 Å². The molecule has 0 unspecified atom stereocenters. The Kier molecular flexibility index (Phi) is 7.04. The third-order valence-corrected chi connectivity index (χ3v) is 8.59. The number of carbonyl (C=O) groups is 3. The van der Waals surface area contributed by atoms with Gasteiger partial charge in [-0.2, -0.15) is 0 Å². The summed E-state index contributed by atoms with van der Waals surface area (Å²) in [6.07, 6.45) is 1.95. The molecule has 1 spiro atoms.